The summed E-state index contributed by atoms with van der Waals surface area (Å²) in [5, 5.41) is 18.5. The van der Waals surface area contributed by atoms with Crippen LogP contribution in [-0.2, 0) is 0 Å². The molecule has 0 spiro atoms. The van der Waals surface area contributed by atoms with E-state index in [2.05, 4.69) is 0 Å². The zero-order chi connectivity index (χ0) is 12.1. The first kappa shape index (κ1) is 12.9. The fourth-order valence-electron chi connectivity index (χ4n) is 1.32. The predicted octanol–water partition coefficient (Wildman–Crippen LogP) is 2.03. The van der Waals surface area contributed by atoms with Crippen molar-refractivity contribution in [1.82, 2.24) is 0 Å². The molecule has 0 amide bonds. The molecule has 1 rings (SSSR count). The van der Waals surface area contributed by atoms with Gasteiger partial charge in [0.1, 0.15) is 11.6 Å². The Bertz CT molecular complexity index is 337. The molecule has 0 bridgehead atoms. The molecule has 0 aromatic heterocycles. The number of aliphatic hydroxyl groups is 2. The van der Waals surface area contributed by atoms with Crippen LogP contribution in [0.3, 0.4) is 0 Å². The Balaban J connectivity index is 2.71. The van der Waals surface area contributed by atoms with E-state index < -0.39 is 18.0 Å². The molecule has 4 heteroatoms. The Labute approximate surface area is 94.5 Å². The number of hydrogen-bond donors (Lipinski definition) is 2. The zero-order valence-electron chi connectivity index (χ0n) is 9.48. The highest BCUT2D eigenvalue weighted by atomic mass is 19.1. The highest BCUT2D eigenvalue weighted by molar-refractivity contribution is 5.35. The van der Waals surface area contributed by atoms with Crippen molar-refractivity contribution in [2.75, 3.05) is 6.61 Å². The summed E-state index contributed by atoms with van der Waals surface area (Å²) in [6, 6.07) is 4.02. The summed E-state index contributed by atoms with van der Waals surface area (Å²) in [5.74, 6) is 0.0517. The van der Waals surface area contributed by atoms with Crippen LogP contribution >= 0.6 is 0 Å². The lowest BCUT2D eigenvalue weighted by Gasteiger charge is -2.14. The molecule has 0 radical (unpaired) electrons. The van der Waals surface area contributed by atoms with Crippen molar-refractivity contribution in [2.24, 2.45) is 0 Å². The van der Waals surface area contributed by atoms with Crippen molar-refractivity contribution >= 4 is 0 Å². The molecule has 3 nitrogen and oxygen atoms in total. The van der Waals surface area contributed by atoms with Gasteiger partial charge in [-0.3, -0.25) is 0 Å². The topological polar surface area (TPSA) is 49.7 Å². The molecule has 2 N–H and O–H groups in total. The van der Waals surface area contributed by atoms with Gasteiger partial charge in [-0.1, -0.05) is 0 Å². The second-order valence-electron chi connectivity index (χ2n) is 3.84. The molecule has 0 saturated heterocycles. The second-order valence-corrected chi connectivity index (χ2v) is 3.84. The first-order valence-electron chi connectivity index (χ1n) is 5.29. The van der Waals surface area contributed by atoms with E-state index in [0.29, 0.717) is 24.3 Å². The fraction of sp³-hybridized carbons (Fsp3) is 0.500. The van der Waals surface area contributed by atoms with Crippen LogP contribution in [0, 0.1) is 5.82 Å². The molecule has 0 fully saturated rings. The lowest BCUT2D eigenvalue weighted by molar-refractivity contribution is 0.151. The maximum Gasteiger partial charge on any atom is 0.125 e. The lowest BCUT2D eigenvalue weighted by atomic mass is 10.1. The Morgan fingerprint density at radius 3 is 2.56 bits per heavy atom. The molecule has 1 aromatic carbocycles. The van der Waals surface area contributed by atoms with Gasteiger partial charge >= 0.3 is 0 Å². The molecule has 2 unspecified atom stereocenters. The first-order chi connectivity index (χ1) is 7.50. The summed E-state index contributed by atoms with van der Waals surface area (Å²) in [7, 11) is 0. The number of aliphatic hydroxyl groups excluding tert-OH is 2. The SMILES string of the molecule is CC(O)CCOc1ccc(F)cc1C(C)O. The number of benzene rings is 1. The van der Waals surface area contributed by atoms with Gasteiger partial charge in [-0.2, -0.15) is 0 Å². The van der Waals surface area contributed by atoms with Crippen LogP contribution in [-0.4, -0.2) is 22.9 Å². The van der Waals surface area contributed by atoms with E-state index in [1.165, 1.54) is 18.2 Å². The van der Waals surface area contributed by atoms with Gasteiger partial charge in [-0.15, -0.1) is 0 Å². The Morgan fingerprint density at radius 1 is 1.31 bits per heavy atom. The van der Waals surface area contributed by atoms with E-state index in [4.69, 9.17) is 9.84 Å². The highest BCUT2D eigenvalue weighted by Gasteiger charge is 2.10. The molecule has 16 heavy (non-hydrogen) atoms. The standard InChI is InChI=1S/C12H17FO3/c1-8(14)5-6-16-12-4-3-10(13)7-11(12)9(2)15/h3-4,7-9,14-15H,5-6H2,1-2H3. The number of hydrogen-bond acceptors (Lipinski definition) is 3. The van der Waals surface area contributed by atoms with Crippen LogP contribution in [0.5, 0.6) is 5.75 Å². The number of halogens is 1. The van der Waals surface area contributed by atoms with Crippen LogP contribution in [0.25, 0.3) is 0 Å². The molecular weight excluding hydrogens is 211 g/mol. The third-order valence-electron chi connectivity index (χ3n) is 2.22. The normalized spacial score (nSPS) is 14.6. The Kier molecular flexibility index (Phi) is 4.71. The molecule has 0 saturated carbocycles. The fourth-order valence-corrected chi connectivity index (χ4v) is 1.32. The lowest BCUT2D eigenvalue weighted by Crippen LogP contribution is -2.09. The van der Waals surface area contributed by atoms with E-state index in [-0.39, 0.29) is 0 Å². The summed E-state index contributed by atoms with van der Waals surface area (Å²) >= 11 is 0. The van der Waals surface area contributed by atoms with Crippen LogP contribution in [0.4, 0.5) is 4.39 Å². The van der Waals surface area contributed by atoms with E-state index in [9.17, 15) is 9.50 Å². The maximum absolute atomic E-state index is 13.0. The minimum Gasteiger partial charge on any atom is -0.493 e. The van der Waals surface area contributed by atoms with Crippen molar-refractivity contribution in [1.29, 1.82) is 0 Å². The monoisotopic (exact) mass is 228 g/mol. The smallest absolute Gasteiger partial charge is 0.125 e. The molecule has 2 atom stereocenters. The first-order valence-corrected chi connectivity index (χ1v) is 5.29. The maximum atomic E-state index is 13.0. The van der Waals surface area contributed by atoms with E-state index in [1.54, 1.807) is 13.8 Å². The van der Waals surface area contributed by atoms with E-state index in [1.807, 2.05) is 0 Å². The van der Waals surface area contributed by atoms with Crippen LogP contribution < -0.4 is 4.74 Å². The number of rotatable bonds is 5. The molecule has 90 valence electrons. The quantitative estimate of drug-likeness (QED) is 0.810. The average Bonchev–Trinajstić information content (AvgIpc) is 2.19. The third kappa shape index (κ3) is 3.79. The highest BCUT2D eigenvalue weighted by Crippen LogP contribution is 2.26. The van der Waals surface area contributed by atoms with Crippen molar-refractivity contribution in [3.05, 3.63) is 29.6 Å². The molecular formula is C12H17FO3. The predicted molar refractivity (Wildman–Crippen MR) is 58.8 cm³/mol. The third-order valence-corrected chi connectivity index (χ3v) is 2.22. The molecule has 0 heterocycles. The van der Waals surface area contributed by atoms with Crippen molar-refractivity contribution in [2.45, 2.75) is 32.5 Å². The van der Waals surface area contributed by atoms with E-state index in [0.717, 1.165) is 0 Å². The molecule has 0 aliphatic rings. The van der Waals surface area contributed by atoms with Gasteiger partial charge < -0.3 is 14.9 Å². The summed E-state index contributed by atoms with van der Waals surface area (Å²) in [5.41, 5.74) is 0.422. The Hall–Kier alpha value is -1.13. The van der Waals surface area contributed by atoms with Gasteiger partial charge in [0.25, 0.3) is 0 Å². The minimum atomic E-state index is -0.780. The van der Waals surface area contributed by atoms with Crippen molar-refractivity contribution < 1.29 is 19.3 Å². The van der Waals surface area contributed by atoms with Gasteiger partial charge in [-0.05, 0) is 32.0 Å². The zero-order valence-corrected chi connectivity index (χ0v) is 9.48. The van der Waals surface area contributed by atoms with Crippen molar-refractivity contribution in [3.63, 3.8) is 0 Å². The summed E-state index contributed by atoms with van der Waals surface area (Å²) in [6.45, 7) is 3.56. The van der Waals surface area contributed by atoms with Gasteiger partial charge in [0.15, 0.2) is 0 Å². The van der Waals surface area contributed by atoms with Crippen LogP contribution in [0.2, 0.25) is 0 Å². The largest absolute Gasteiger partial charge is 0.493 e. The summed E-state index contributed by atoms with van der Waals surface area (Å²) in [6.07, 6.45) is -0.718. The van der Waals surface area contributed by atoms with Gasteiger partial charge in [0.2, 0.25) is 0 Å². The van der Waals surface area contributed by atoms with E-state index >= 15 is 0 Å². The van der Waals surface area contributed by atoms with Gasteiger partial charge in [0, 0.05) is 12.0 Å². The summed E-state index contributed by atoms with van der Waals surface area (Å²) < 4.78 is 18.3. The Morgan fingerprint density at radius 2 is 2.00 bits per heavy atom. The molecule has 0 aliphatic heterocycles. The van der Waals surface area contributed by atoms with Gasteiger partial charge in [0.05, 0.1) is 18.8 Å². The van der Waals surface area contributed by atoms with Gasteiger partial charge in [-0.25, -0.2) is 4.39 Å². The molecule has 0 aliphatic carbocycles. The molecule has 1 aromatic rings. The minimum absolute atomic E-state index is 0.336. The van der Waals surface area contributed by atoms with Crippen LogP contribution in [0.1, 0.15) is 31.9 Å². The van der Waals surface area contributed by atoms with Crippen LogP contribution in [0.15, 0.2) is 18.2 Å². The number of ether oxygens (including phenoxy) is 1. The summed E-state index contributed by atoms with van der Waals surface area (Å²) in [4.78, 5) is 0. The average molecular weight is 228 g/mol. The van der Waals surface area contributed by atoms with Crippen molar-refractivity contribution in [3.8, 4) is 5.75 Å². The second kappa shape index (κ2) is 5.82.